The van der Waals surface area contributed by atoms with Crippen molar-refractivity contribution in [2.24, 2.45) is 10.4 Å². The molecule has 0 fully saturated rings. The molecular formula is C29H52N2O10S. The number of ether oxygens (including phenoxy) is 6. The number of hydrogen-bond donors (Lipinski definition) is 0. The highest BCUT2D eigenvalue weighted by Crippen LogP contribution is 2.19. The summed E-state index contributed by atoms with van der Waals surface area (Å²) >= 11 is 4.81. The quantitative estimate of drug-likeness (QED) is 0.0888. The summed E-state index contributed by atoms with van der Waals surface area (Å²) in [5.74, 6) is -1.58. The predicted octanol–water partition coefficient (Wildman–Crippen LogP) is 3.41. The van der Waals surface area contributed by atoms with E-state index in [1.165, 1.54) is 18.9 Å². The van der Waals surface area contributed by atoms with Gasteiger partial charge in [0.15, 0.2) is 6.04 Å². The maximum atomic E-state index is 12.5. The Morgan fingerprint density at radius 3 is 1.52 bits per heavy atom. The van der Waals surface area contributed by atoms with Crippen molar-refractivity contribution in [3.8, 4) is 0 Å². The second-order valence-electron chi connectivity index (χ2n) is 11.9. The summed E-state index contributed by atoms with van der Waals surface area (Å²) in [5.41, 5.74) is -1.29. The van der Waals surface area contributed by atoms with Crippen LogP contribution in [-0.4, -0.2) is 105 Å². The summed E-state index contributed by atoms with van der Waals surface area (Å²) in [4.78, 5) is 48.0. The molecular weight excluding hydrogens is 568 g/mol. The van der Waals surface area contributed by atoms with E-state index in [4.69, 9.17) is 40.8 Å². The smallest absolute Gasteiger partial charge is 0.331 e. The molecule has 0 heterocycles. The molecule has 12 nitrogen and oxygen atoms in total. The Hall–Kier alpha value is -2.06. The Bertz CT molecular complexity index is 826. The summed E-state index contributed by atoms with van der Waals surface area (Å²) < 4.78 is 36.6. The number of carbonyl (C=O) groups excluding carboxylic acids is 4. The first-order valence-electron chi connectivity index (χ1n) is 14.4. The summed E-state index contributed by atoms with van der Waals surface area (Å²) in [5, 5.41) is 1.34. The second kappa shape index (κ2) is 21.6. The molecule has 0 aliphatic rings. The van der Waals surface area contributed by atoms with Gasteiger partial charge in [-0.25, -0.2) is 4.79 Å². The van der Waals surface area contributed by atoms with Crippen LogP contribution in [0.15, 0.2) is 4.47 Å². The summed E-state index contributed by atoms with van der Waals surface area (Å²) in [6.07, 6.45) is 1.27. The van der Waals surface area contributed by atoms with Crippen LogP contribution in [0.25, 0.3) is 0 Å². The maximum Gasteiger partial charge on any atom is 0.331 e. The normalized spacial score (nSPS) is 13.2. The van der Waals surface area contributed by atoms with Crippen molar-refractivity contribution in [3.05, 3.63) is 0 Å². The van der Waals surface area contributed by atoms with Gasteiger partial charge >= 0.3 is 11.9 Å². The predicted molar refractivity (Wildman–Crippen MR) is 159 cm³/mol. The van der Waals surface area contributed by atoms with E-state index in [0.29, 0.717) is 59.1 Å². The third kappa shape index (κ3) is 22.5. The van der Waals surface area contributed by atoms with Crippen molar-refractivity contribution in [3.63, 3.8) is 0 Å². The van der Waals surface area contributed by atoms with Gasteiger partial charge in [0.05, 0.1) is 71.1 Å². The maximum absolute atomic E-state index is 12.5. The van der Waals surface area contributed by atoms with Crippen molar-refractivity contribution >= 4 is 35.9 Å². The van der Waals surface area contributed by atoms with E-state index in [2.05, 4.69) is 4.47 Å². The Morgan fingerprint density at radius 2 is 1.10 bits per heavy atom. The first-order chi connectivity index (χ1) is 19.6. The lowest BCUT2D eigenvalue weighted by atomic mass is 9.97. The van der Waals surface area contributed by atoms with Crippen LogP contribution in [0.3, 0.4) is 0 Å². The van der Waals surface area contributed by atoms with Gasteiger partial charge in [0.2, 0.25) is 0 Å². The lowest BCUT2D eigenvalue weighted by Gasteiger charge is -2.29. The van der Waals surface area contributed by atoms with Crippen LogP contribution >= 0.6 is 0 Å². The highest BCUT2D eigenvalue weighted by atomic mass is 32.1. The number of hydrogen-bond acceptors (Lipinski definition) is 12. The highest BCUT2D eigenvalue weighted by molar-refractivity contribution is 7.47. The highest BCUT2D eigenvalue weighted by Gasteiger charge is 2.31. The molecule has 0 aromatic heterocycles. The largest absolute Gasteiger partial charge is 0.460 e. The molecule has 0 unspecified atom stereocenters. The average Bonchev–Trinajstić information content (AvgIpc) is 2.84. The number of nitrogens with zero attached hydrogens (tertiary/aromatic N) is 2. The molecule has 0 amide bonds. The van der Waals surface area contributed by atoms with Crippen molar-refractivity contribution < 1.29 is 47.6 Å². The topological polar surface area (TPSA) is 139 Å². The van der Waals surface area contributed by atoms with Gasteiger partial charge in [-0.1, -0.05) is 0 Å². The van der Waals surface area contributed by atoms with Crippen LogP contribution in [-0.2, 0) is 60.0 Å². The first kappa shape index (κ1) is 39.9. The Labute approximate surface area is 256 Å². The van der Waals surface area contributed by atoms with Crippen molar-refractivity contribution in [1.29, 1.82) is 0 Å². The van der Waals surface area contributed by atoms with E-state index in [1.807, 2.05) is 0 Å². The molecule has 2 atom stereocenters. The van der Waals surface area contributed by atoms with Crippen molar-refractivity contribution in [2.75, 3.05) is 59.4 Å². The molecule has 244 valence electrons. The van der Waals surface area contributed by atoms with Gasteiger partial charge in [-0.3, -0.25) is 14.6 Å². The minimum atomic E-state index is -0.902. The molecule has 0 N–H and O–H groups in total. The molecule has 0 radical (unpaired) electrons. The Balaban J connectivity index is 3.99. The zero-order chi connectivity index (χ0) is 32.2. The number of Topliss-reactive ketones (excluding diaryl/α,β-unsaturated/α-hetero) is 2. The van der Waals surface area contributed by atoms with Crippen LogP contribution in [0.4, 0.5) is 0 Å². The molecule has 0 aliphatic carbocycles. The van der Waals surface area contributed by atoms with Crippen LogP contribution in [0.5, 0.6) is 0 Å². The lowest BCUT2D eigenvalue weighted by Crippen LogP contribution is -2.44. The second-order valence-corrected chi connectivity index (χ2v) is 12.1. The summed E-state index contributed by atoms with van der Waals surface area (Å²) in [6, 6.07) is -0.902. The fourth-order valence-electron chi connectivity index (χ4n) is 3.59. The molecule has 42 heavy (non-hydrogen) atoms. The molecule has 0 bridgehead atoms. The van der Waals surface area contributed by atoms with E-state index in [0.717, 1.165) is 0 Å². The molecule has 0 aliphatic heterocycles. The minimum Gasteiger partial charge on any atom is -0.460 e. The summed E-state index contributed by atoms with van der Waals surface area (Å²) in [7, 11) is 0. The van der Waals surface area contributed by atoms with Gasteiger partial charge in [-0.15, -0.1) is 4.47 Å². The van der Waals surface area contributed by atoms with E-state index < -0.39 is 29.1 Å². The number of rotatable bonds is 24. The van der Waals surface area contributed by atoms with Crippen LogP contribution in [0.1, 0.15) is 81.1 Å². The van der Waals surface area contributed by atoms with Crippen molar-refractivity contribution in [1.82, 2.24) is 5.01 Å². The van der Waals surface area contributed by atoms with E-state index in [1.54, 1.807) is 41.5 Å². The third-order valence-electron chi connectivity index (χ3n) is 5.32. The number of esters is 2. The van der Waals surface area contributed by atoms with E-state index in [9.17, 15) is 19.2 Å². The molecule has 0 spiro atoms. The monoisotopic (exact) mass is 620 g/mol. The van der Waals surface area contributed by atoms with Gasteiger partial charge in [0, 0.05) is 19.4 Å². The van der Waals surface area contributed by atoms with Gasteiger partial charge in [0.25, 0.3) is 0 Å². The Kier molecular flexibility index (Phi) is 20.5. The van der Waals surface area contributed by atoms with Crippen LogP contribution in [0, 0.1) is 5.92 Å². The molecule has 0 aromatic carbocycles. The molecule has 0 rings (SSSR count). The molecule has 0 aromatic rings. The van der Waals surface area contributed by atoms with Gasteiger partial charge in [-0.2, -0.15) is 0 Å². The lowest BCUT2D eigenvalue weighted by molar-refractivity contribution is -0.163. The Morgan fingerprint density at radius 1 is 0.667 bits per heavy atom. The fraction of sp³-hybridized carbons (Fsp3) is 0.862. The van der Waals surface area contributed by atoms with Gasteiger partial charge in [0.1, 0.15) is 22.8 Å². The van der Waals surface area contributed by atoms with Gasteiger partial charge < -0.3 is 33.2 Å². The zero-order valence-electron chi connectivity index (χ0n) is 26.7. The number of ketones is 2. The molecule has 0 saturated heterocycles. The zero-order valence-corrected chi connectivity index (χ0v) is 27.5. The molecule has 0 saturated carbocycles. The first-order valence-corrected chi connectivity index (χ1v) is 14.8. The SMILES string of the molecule is CC(=O)C[C@H](CCCOCCOCCOCCOCCN(N=S)[C@@H](CC(C)=O)C(=O)OC(C)(C)C)C(=O)OC(C)(C)C. The van der Waals surface area contributed by atoms with E-state index in [-0.39, 0.29) is 43.5 Å². The molecule has 13 heteroatoms. The van der Waals surface area contributed by atoms with Crippen LogP contribution in [0.2, 0.25) is 0 Å². The standard InChI is InChI=1S/C29H52N2O10S/c1-22(32)20-24(26(34)40-28(3,4)5)10-9-12-36-14-16-38-18-19-39-17-15-37-13-11-31(30-42)25(21-23(2)33)27(35)41-29(6,7)8/h24-25H,9-21H2,1-8H3/t24-,25-/m0/s1. The van der Waals surface area contributed by atoms with Crippen molar-refractivity contribution in [2.45, 2.75) is 98.3 Å². The summed E-state index contributed by atoms with van der Waals surface area (Å²) in [6.45, 7) is 16.7. The van der Waals surface area contributed by atoms with Crippen LogP contribution < -0.4 is 0 Å². The minimum absolute atomic E-state index is 0.0430. The van der Waals surface area contributed by atoms with Gasteiger partial charge in [-0.05, 0) is 68.2 Å². The third-order valence-corrected chi connectivity index (χ3v) is 5.53. The number of carbonyl (C=O) groups is 4. The fourth-order valence-corrected chi connectivity index (χ4v) is 3.79. The average molecular weight is 621 g/mol. The van der Waals surface area contributed by atoms with E-state index >= 15 is 0 Å².